The molecule has 0 bridgehead atoms. The average Bonchev–Trinajstić information content (AvgIpc) is 3.27. The lowest BCUT2D eigenvalue weighted by molar-refractivity contribution is 0.628. The maximum atomic E-state index is 14.0. The van der Waals surface area contributed by atoms with E-state index in [1.54, 1.807) is 18.5 Å². The van der Waals surface area contributed by atoms with E-state index in [9.17, 15) is 4.39 Å². The molecule has 5 rings (SSSR count). The molecule has 2 aromatic carbocycles. The Morgan fingerprint density at radius 2 is 1.94 bits per heavy atom. The second-order valence-corrected chi connectivity index (χ2v) is 7.58. The number of imidazole rings is 1. The minimum Gasteiger partial charge on any atom is -0.361 e. The zero-order chi connectivity index (χ0) is 21.4. The van der Waals surface area contributed by atoms with Crippen molar-refractivity contribution in [3.8, 4) is 11.3 Å². The van der Waals surface area contributed by atoms with Gasteiger partial charge in [-0.3, -0.25) is 0 Å². The molecular formula is C23H18ClFN6. The van der Waals surface area contributed by atoms with Crippen LogP contribution >= 0.6 is 11.6 Å². The van der Waals surface area contributed by atoms with E-state index in [2.05, 4.69) is 38.2 Å². The molecule has 5 aromatic rings. The van der Waals surface area contributed by atoms with Gasteiger partial charge in [0, 0.05) is 16.5 Å². The van der Waals surface area contributed by atoms with E-state index in [0.717, 1.165) is 17.4 Å². The van der Waals surface area contributed by atoms with Crippen molar-refractivity contribution < 1.29 is 4.39 Å². The number of rotatable bonds is 5. The first kappa shape index (κ1) is 19.4. The Bertz CT molecular complexity index is 1400. The Hall–Kier alpha value is -3.58. The van der Waals surface area contributed by atoms with E-state index in [0.29, 0.717) is 38.8 Å². The molecule has 8 heteroatoms. The third-order valence-corrected chi connectivity index (χ3v) is 5.54. The zero-order valence-corrected chi connectivity index (χ0v) is 17.4. The Kier molecular flexibility index (Phi) is 4.95. The summed E-state index contributed by atoms with van der Waals surface area (Å²) >= 11 is 6.42. The molecule has 3 aromatic heterocycles. The van der Waals surface area contributed by atoms with Gasteiger partial charge in [-0.1, -0.05) is 42.8 Å². The van der Waals surface area contributed by atoms with Crippen molar-refractivity contribution in [2.24, 2.45) is 0 Å². The molecule has 1 atom stereocenters. The van der Waals surface area contributed by atoms with Gasteiger partial charge < -0.3 is 10.3 Å². The van der Waals surface area contributed by atoms with Crippen molar-refractivity contribution in [3.05, 3.63) is 77.6 Å². The molecule has 0 amide bonds. The summed E-state index contributed by atoms with van der Waals surface area (Å²) in [5.74, 6) is 0.300. The lowest BCUT2D eigenvalue weighted by Crippen LogP contribution is -2.13. The van der Waals surface area contributed by atoms with Gasteiger partial charge in [0.2, 0.25) is 0 Å². The number of aromatic amines is 1. The second kappa shape index (κ2) is 7.92. The molecule has 0 aliphatic rings. The molecule has 0 unspecified atom stereocenters. The Morgan fingerprint density at radius 1 is 1.06 bits per heavy atom. The molecule has 0 spiro atoms. The molecule has 154 valence electrons. The maximum Gasteiger partial charge on any atom is 0.162 e. The SMILES string of the molecule is CC[C@@H](Nc1ncnc2[nH]cnc12)c1cc2cccc(Cl)c2nc1-c1cccc(F)c1. The number of anilines is 1. The van der Waals surface area contributed by atoms with Gasteiger partial charge in [-0.25, -0.2) is 24.3 Å². The molecule has 0 aliphatic carbocycles. The van der Waals surface area contributed by atoms with Crippen molar-refractivity contribution >= 4 is 39.5 Å². The van der Waals surface area contributed by atoms with Crippen LogP contribution in [0.25, 0.3) is 33.3 Å². The van der Waals surface area contributed by atoms with Crippen molar-refractivity contribution in [1.29, 1.82) is 0 Å². The summed E-state index contributed by atoms with van der Waals surface area (Å²) in [5, 5.41) is 4.94. The Labute approximate surface area is 182 Å². The van der Waals surface area contributed by atoms with E-state index >= 15 is 0 Å². The van der Waals surface area contributed by atoms with Crippen LogP contribution in [0.3, 0.4) is 0 Å². The predicted octanol–water partition coefficient (Wildman–Crippen LogP) is 5.92. The normalized spacial score (nSPS) is 12.4. The Morgan fingerprint density at radius 3 is 2.77 bits per heavy atom. The summed E-state index contributed by atoms with van der Waals surface area (Å²) in [5.41, 5.74) is 4.27. The summed E-state index contributed by atoms with van der Waals surface area (Å²) in [6, 6.07) is 14.0. The van der Waals surface area contributed by atoms with Crippen molar-refractivity contribution in [2.45, 2.75) is 19.4 Å². The Balaban J connectivity index is 1.69. The highest BCUT2D eigenvalue weighted by atomic mass is 35.5. The number of hydrogen-bond donors (Lipinski definition) is 2. The molecular weight excluding hydrogens is 415 g/mol. The predicted molar refractivity (Wildman–Crippen MR) is 120 cm³/mol. The van der Waals surface area contributed by atoms with Gasteiger partial charge in [-0.05, 0) is 30.7 Å². The quantitative estimate of drug-likeness (QED) is 0.360. The minimum absolute atomic E-state index is 0.149. The molecule has 2 N–H and O–H groups in total. The van der Waals surface area contributed by atoms with Gasteiger partial charge in [-0.15, -0.1) is 0 Å². The summed E-state index contributed by atoms with van der Waals surface area (Å²) in [6.07, 6.45) is 3.82. The highest BCUT2D eigenvalue weighted by Crippen LogP contribution is 2.35. The summed E-state index contributed by atoms with van der Waals surface area (Å²) in [7, 11) is 0. The van der Waals surface area contributed by atoms with Crippen LogP contribution in [0, 0.1) is 5.82 Å². The fourth-order valence-corrected chi connectivity index (χ4v) is 3.97. The van der Waals surface area contributed by atoms with Crippen molar-refractivity contribution in [2.75, 3.05) is 5.32 Å². The van der Waals surface area contributed by atoms with Crippen LogP contribution in [0.1, 0.15) is 24.9 Å². The highest BCUT2D eigenvalue weighted by Gasteiger charge is 2.20. The summed E-state index contributed by atoms with van der Waals surface area (Å²) < 4.78 is 14.0. The molecule has 31 heavy (non-hydrogen) atoms. The number of halogens is 2. The van der Waals surface area contributed by atoms with E-state index in [4.69, 9.17) is 16.6 Å². The molecule has 0 fully saturated rings. The van der Waals surface area contributed by atoms with Crippen LogP contribution in [-0.4, -0.2) is 24.9 Å². The average molecular weight is 433 g/mol. The van der Waals surface area contributed by atoms with Crippen LogP contribution in [0.2, 0.25) is 5.02 Å². The molecule has 0 saturated heterocycles. The number of pyridine rings is 1. The number of fused-ring (bicyclic) bond motifs is 2. The number of benzene rings is 2. The number of hydrogen-bond acceptors (Lipinski definition) is 5. The van der Waals surface area contributed by atoms with E-state index in [-0.39, 0.29) is 11.9 Å². The monoisotopic (exact) mass is 432 g/mol. The standard InChI is InChI=1S/C23H18ClFN6/c1-2-18(30-23-21-22(27-11-26-21)28-12-29-23)16-10-14-6-4-8-17(24)20(14)31-19(16)13-5-3-7-15(25)9-13/h3-12,18H,2H2,1H3,(H2,26,27,28,29,30)/t18-/m1/s1. The summed E-state index contributed by atoms with van der Waals surface area (Å²) in [6.45, 7) is 2.07. The molecule has 3 heterocycles. The third kappa shape index (κ3) is 3.57. The largest absolute Gasteiger partial charge is 0.361 e. The maximum absolute atomic E-state index is 14.0. The van der Waals surface area contributed by atoms with E-state index in [1.165, 1.54) is 18.5 Å². The van der Waals surface area contributed by atoms with E-state index < -0.39 is 0 Å². The second-order valence-electron chi connectivity index (χ2n) is 7.18. The van der Waals surface area contributed by atoms with Crippen molar-refractivity contribution in [3.63, 3.8) is 0 Å². The third-order valence-electron chi connectivity index (χ3n) is 5.24. The topological polar surface area (TPSA) is 79.4 Å². The number of nitrogens with zero attached hydrogens (tertiary/aromatic N) is 4. The highest BCUT2D eigenvalue weighted by molar-refractivity contribution is 6.35. The molecule has 0 aliphatic heterocycles. The van der Waals surface area contributed by atoms with Crippen LogP contribution < -0.4 is 5.32 Å². The van der Waals surface area contributed by atoms with Gasteiger partial charge >= 0.3 is 0 Å². The van der Waals surface area contributed by atoms with E-state index in [1.807, 2.05) is 18.2 Å². The number of H-pyrrole nitrogens is 1. The lowest BCUT2D eigenvalue weighted by Gasteiger charge is -2.22. The summed E-state index contributed by atoms with van der Waals surface area (Å²) in [4.78, 5) is 20.8. The molecule has 0 saturated carbocycles. The minimum atomic E-state index is -0.320. The lowest BCUT2D eigenvalue weighted by atomic mass is 9.96. The number of para-hydroxylation sites is 1. The zero-order valence-electron chi connectivity index (χ0n) is 16.6. The van der Waals surface area contributed by atoms with Gasteiger partial charge in [-0.2, -0.15) is 0 Å². The van der Waals surface area contributed by atoms with Crippen molar-refractivity contribution in [1.82, 2.24) is 24.9 Å². The van der Waals surface area contributed by atoms with Crippen LogP contribution in [0.15, 0.2) is 61.2 Å². The molecule has 6 nitrogen and oxygen atoms in total. The first-order valence-corrected chi connectivity index (χ1v) is 10.3. The van der Waals surface area contributed by atoms with Crippen LogP contribution in [0.5, 0.6) is 0 Å². The number of nitrogens with one attached hydrogen (secondary N) is 2. The van der Waals surface area contributed by atoms with Gasteiger partial charge in [0.1, 0.15) is 17.7 Å². The molecule has 0 radical (unpaired) electrons. The smallest absolute Gasteiger partial charge is 0.162 e. The van der Waals surface area contributed by atoms with Gasteiger partial charge in [0.25, 0.3) is 0 Å². The van der Waals surface area contributed by atoms with Gasteiger partial charge in [0.15, 0.2) is 11.5 Å². The number of aromatic nitrogens is 5. The first-order valence-electron chi connectivity index (χ1n) is 9.89. The van der Waals surface area contributed by atoms with Crippen LogP contribution in [0.4, 0.5) is 10.2 Å². The first-order chi connectivity index (χ1) is 15.1. The van der Waals surface area contributed by atoms with Gasteiger partial charge in [0.05, 0.1) is 28.6 Å². The van der Waals surface area contributed by atoms with Crippen LogP contribution in [-0.2, 0) is 0 Å². The fraction of sp³-hybridized carbons (Fsp3) is 0.130. The fourth-order valence-electron chi connectivity index (χ4n) is 3.75.